The maximum Gasteiger partial charge on any atom is -0.0357 e. The average Bonchev–Trinajstić information content (AvgIpc) is 2.02. The predicted molar refractivity (Wildman–Crippen MR) is 57.4 cm³/mol. The van der Waals surface area contributed by atoms with E-state index >= 15 is 0 Å². The largest absolute Gasteiger partial charge is 0.0649 e. The highest BCUT2D eigenvalue weighted by molar-refractivity contribution is 4.73. The van der Waals surface area contributed by atoms with Crippen molar-refractivity contribution in [1.29, 1.82) is 0 Å². The Balaban J connectivity index is 3.82. The Labute approximate surface area is 78.8 Å². The van der Waals surface area contributed by atoms with Gasteiger partial charge in [0.2, 0.25) is 0 Å². The fourth-order valence-electron chi connectivity index (χ4n) is 1.03. The van der Waals surface area contributed by atoms with Gasteiger partial charge in [-0.05, 0) is 23.7 Å². The van der Waals surface area contributed by atoms with E-state index in [4.69, 9.17) is 0 Å². The molecule has 0 aromatic heterocycles. The summed E-state index contributed by atoms with van der Waals surface area (Å²) in [6.45, 7) is 14.1. The second-order valence-corrected chi connectivity index (χ2v) is 5.54. The molecule has 0 heteroatoms. The van der Waals surface area contributed by atoms with Crippen molar-refractivity contribution in [2.75, 3.05) is 0 Å². The molecule has 0 N–H and O–H groups in total. The van der Waals surface area contributed by atoms with Crippen LogP contribution < -0.4 is 0 Å². The van der Waals surface area contributed by atoms with Crippen LogP contribution in [-0.4, -0.2) is 0 Å². The van der Waals surface area contributed by atoms with Crippen LogP contribution in [0.1, 0.15) is 67.2 Å². The van der Waals surface area contributed by atoms with Crippen LogP contribution in [0, 0.1) is 10.8 Å². The van der Waals surface area contributed by atoms with Crippen molar-refractivity contribution in [1.82, 2.24) is 0 Å². The summed E-state index contributed by atoms with van der Waals surface area (Å²) in [6.07, 6.45) is 5.33. The minimum absolute atomic E-state index is 0.548. The van der Waals surface area contributed by atoms with Gasteiger partial charge in [-0.2, -0.15) is 0 Å². The Kier molecular flexibility index (Phi) is 4.30. The van der Waals surface area contributed by atoms with Crippen LogP contribution >= 0.6 is 0 Å². The molecule has 0 aromatic carbocycles. The van der Waals surface area contributed by atoms with Gasteiger partial charge in [0.15, 0.2) is 0 Å². The van der Waals surface area contributed by atoms with E-state index in [0.717, 1.165) is 0 Å². The summed E-state index contributed by atoms with van der Waals surface area (Å²) in [5.41, 5.74) is 1.10. The fraction of sp³-hybridized carbons (Fsp3) is 1.00. The standard InChI is InChI=1S/C12H26/c1-7-11(3,4)9-10-12(5,6)8-2/h7-10H2,1-6H3. The van der Waals surface area contributed by atoms with Crippen molar-refractivity contribution in [3.63, 3.8) is 0 Å². The summed E-state index contributed by atoms with van der Waals surface area (Å²) >= 11 is 0. The molecule has 0 saturated heterocycles. The number of hydrogen-bond donors (Lipinski definition) is 0. The lowest BCUT2D eigenvalue weighted by Crippen LogP contribution is -2.16. The topological polar surface area (TPSA) is 0 Å². The van der Waals surface area contributed by atoms with E-state index < -0.39 is 0 Å². The zero-order valence-electron chi connectivity index (χ0n) is 9.83. The van der Waals surface area contributed by atoms with Crippen molar-refractivity contribution in [3.8, 4) is 0 Å². The number of hydrogen-bond acceptors (Lipinski definition) is 0. The molecule has 0 fully saturated rings. The second kappa shape index (κ2) is 4.30. The molecule has 0 radical (unpaired) electrons. The van der Waals surface area contributed by atoms with Gasteiger partial charge in [0, 0.05) is 0 Å². The molecular weight excluding hydrogens is 144 g/mol. The van der Waals surface area contributed by atoms with Crippen LogP contribution in [0.15, 0.2) is 0 Å². The fourth-order valence-corrected chi connectivity index (χ4v) is 1.03. The zero-order valence-corrected chi connectivity index (χ0v) is 9.83. The van der Waals surface area contributed by atoms with E-state index in [1.165, 1.54) is 25.7 Å². The van der Waals surface area contributed by atoms with E-state index in [0.29, 0.717) is 10.8 Å². The van der Waals surface area contributed by atoms with E-state index in [2.05, 4.69) is 41.5 Å². The third kappa shape index (κ3) is 4.79. The zero-order chi connectivity index (χ0) is 9.83. The maximum atomic E-state index is 2.37. The first-order valence-corrected chi connectivity index (χ1v) is 5.33. The normalized spacial score (nSPS) is 13.5. The molecule has 12 heavy (non-hydrogen) atoms. The van der Waals surface area contributed by atoms with E-state index in [-0.39, 0.29) is 0 Å². The molecule has 0 nitrogen and oxygen atoms in total. The first kappa shape index (κ1) is 12.0. The Hall–Kier alpha value is 0. The predicted octanol–water partition coefficient (Wildman–Crippen LogP) is 4.64. The first-order valence-electron chi connectivity index (χ1n) is 5.33. The summed E-state index contributed by atoms with van der Waals surface area (Å²) in [6, 6.07) is 0. The van der Waals surface area contributed by atoms with Crippen molar-refractivity contribution in [2.45, 2.75) is 67.2 Å². The van der Waals surface area contributed by atoms with Crippen molar-refractivity contribution in [2.24, 2.45) is 10.8 Å². The van der Waals surface area contributed by atoms with Gasteiger partial charge in [-0.25, -0.2) is 0 Å². The maximum absolute atomic E-state index is 2.37. The summed E-state index contributed by atoms with van der Waals surface area (Å²) in [5.74, 6) is 0. The third-order valence-corrected chi connectivity index (χ3v) is 3.39. The molecule has 0 atom stereocenters. The van der Waals surface area contributed by atoms with Gasteiger partial charge in [-0.1, -0.05) is 54.4 Å². The molecule has 0 aliphatic heterocycles. The Bertz CT molecular complexity index is 104. The molecule has 0 aliphatic rings. The van der Waals surface area contributed by atoms with Crippen LogP contribution in [0.25, 0.3) is 0 Å². The SMILES string of the molecule is CCC(C)(C)CCC(C)(C)CC. The summed E-state index contributed by atoms with van der Waals surface area (Å²) in [4.78, 5) is 0. The Morgan fingerprint density at radius 2 is 0.917 bits per heavy atom. The highest BCUT2D eigenvalue weighted by atomic mass is 14.3. The van der Waals surface area contributed by atoms with Crippen molar-refractivity contribution >= 4 is 0 Å². The molecular formula is C12H26. The summed E-state index contributed by atoms with van der Waals surface area (Å²) in [7, 11) is 0. The second-order valence-electron chi connectivity index (χ2n) is 5.54. The third-order valence-electron chi connectivity index (χ3n) is 3.39. The highest BCUT2D eigenvalue weighted by Crippen LogP contribution is 2.34. The van der Waals surface area contributed by atoms with E-state index in [1.54, 1.807) is 0 Å². The monoisotopic (exact) mass is 170 g/mol. The summed E-state index contributed by atoms with van der Waals surface area (Å²) in [5, 5.41) is 0. The lowest BCUT2D eigenvalue weighted by atomic mass is 9.77. The Morgan fingerprint density at radius 1 is 0.667 bits per heavy atom. The Morgan fingerprint density at radius 3 is 1.08 bits per heavy atom. The lowest BCUT2D eigenvalue weighted by Gasteiger charge is -2.29. The molecule has 0 amide bonds. The molecule has 0 unspecified atom stereocenters. The van der Waals surface area contributed by atoms with Crippen LogP contribution in [0.5, 0.6) is 0 Å². The highest BCUT2D eigenvalue weighted by Gasteiger charge is 2.21. The minimum atomic E-state index is 0.548. The van der Waals surface area contributed by atoms with Crippen LogP contribution in [0.4, 0.5) is 0 Å². The molecule has 0 aromatic rings. The van der Waals surface area contributed by atoms with Gasteiger partial charge in [0.05, 0.1) is 0 Å². The minimum Gasteiger partial charge on any atom is -0.0649 e. The molecule has 0 bridgehead atoms. The smallest absolute Gasteiger partial charge is 0.0357 e. The van der Waals surface area contributed by atoms with Gasteiger partial charge >= 0.3 is 0 Å². The molecule has 0 aliphatic carbocycles. The average molecular weight is 170 g/mol. The van der Waals surface area contributed by atoms with Gasteiger partial charge in [-0.3, -0.25) is 0 Å². The first-order chi connectivity index (χ1) is 5.33. The van der Waals surface area contributed by atoms with Gasteiger partial charge in [-0.15, -0.1) is 0 Å². The van der Waals surface area contributed by atoms with Crippen molar-refractivity contribution < 1.29 is 0 Å². The quantitative estimate of drug-likeness (QED) is 0.564. The van der Waals surface area contributed by atoms with Crippen molar-refractivity contribution in [3.05, 3.63) is 0 Å². The summed E-state index contributed by atoms with van der Waals surface area (Å²) < 4.78 is 0. The molecule has 74 valence electrons. The van der Waals surface area contributed by atoms with E-state index in [9.17, 15) is 0 Å². The lowest BCUT2D eigenvalue weighted by molar-refractivity contribution is 0.228. The van der Waals surface area contributed by atoms with Crippen LogP contribution in [0.3, 0.4) is 0 Å². The molecule has 0 heterocycles. The van der Waals surface area contributed by atoms with Crippen LogP contribution in [0.2, 0.25) is 0 Å². The number of rotatable bonds is 5. The van der Waals surface area contributed by atoms with Gasteiger partial charge in [0.1, 0.15) is 0 Å². The molecule has 0 spiro atoms. The molecule has 0 saturated carbocycles. The van der Waals surface area contributed by atoms with Gasteiger partial charge in [0.25, 0.3) is 0 Å². The molecule has 0 rings (SSSR count). The van der Waals surface area contributed by atoms with Crippen LogP contribution in [-0.2, 0) is 0 Å². The van der Waals surface area contributed by atoms with E-state index in [1.807, 2.05) is 0 Å². The van der Waals surface area contributed by atoms with Gasteiger partial charge < -0.3 is 0 Å².